The van der Waals surface area contributed by atoms with Crippen LogP contribution in [0.2, 0.25) is 0 Å². The van der Waals surface area contributed by atoms with E-state index >= 15 is 0 Å². The highest BCUT2D eigenvalue weighted by Crippen LogP contribution is 2.23. The Morgan fingerprint density at radius 1 is 1.41 bits per heavy atom. The van der Waals surface area contributed by atoms with Gasteiger partial charge < -0.3 is 15.8 Å². The third-order valence-electron chi connectivity index (χ3n) is 2.96. The first-order valence-electron chi connectivity index (χ1n) is 5.34. The number of carboxylic acids is 1. The van der Waals surface area contributed by atoms with Gasteiger partial charge in [-0.3, -0.25) is 4.79 Å². The van der Waals surface area contributed by atoms with E-state index in [0.29, 0.717) is 17.3 Å². The van der Waals surface area contributed by atoms with E-state index in [0.717, 1.165) is 5.52 Å². The van der Waals surface area contributed by atoms with Crippen LogP contribution in [0.25, 0.3) is 11.2 Å². The van der Waals surface area contributed by atoms with Gasteiger partial charge in [0.15, 0.2) is 5.65 Å². The maximum absolute atomic E-state index is 10.9. The summed E-state index contributed by atoms with van der Waals surface area (Å²) in [5.41, 5.74) is 6.84. The van der Waals surface area contributed by atoms with Crippen molar-refractivity contribution in [1.29, 1.82) is 0 Å². The van der Waals surface area contributed by atoms with Crippen LogP contribution in [0.4, 0.5) is 5.82 Å². The van der Waals surface area contributed by atoms with Crippen molar-refractivity contribution in [3.63, 3.8) is 0 Å². The normalized spacial score (nSPS) is 14.7. The Hall–Kier alpha value is -2.11. The number of imidazole rings is 1. The number of aliphatic carboxylic acids is 1. The Morgan fingerprint density at radius 3 is 2.76 bits per heavy atom. The third-order valence-corrected chi connectivity index (χ3v) is 2.96. The molecule has 2 aromatic rings. The molecule has 0 aromatic carbocycles. The topological polar surface area (TPSA) is 105 Å². The zero-order valence-corrected chi connectivity index (χ0v) is 9.64. The van der Waals surface area contributed by atoms with Crippen LogP contribution in [0.5, 0.6) is 0 Å². The van der Waals surface area contributed by atoms with Gasteiger partial charge in [0, 0.05) is 5.92 Å². The van der Waals surface area contributed by atoms with Gasteiger partial charge in [0.2, 0.25) is 0 Å². The van der Waals surface area contributed by atoms with Gasteiger partial charge in [-0.25, -0.2) is 9.97 Å². The lowest BCUT2D eigenvalue weighted by molar-refractivity contribution is -0.141. The van der Waals surface area contributed by atoms with Crippen molar-refractivity contribution in [2.24, 2.45) is 5.92 Å². The Bertz CT molecular complexity index is 564. The quantitative estimate of drug-likeness (QED) is 0.743. The molecule has 0 bridgehead atoms. The van der Waals surface area contributed by atoms with Crippen LogP contribution in [-0.2, 0) is 4.79 Å². The van der Waals surface area contributed by atoms with Gasteiger partial charge >= 0.3 is 5.97 Å². The molecule has 0 spiro atoms. The number of fused-ring (bicyclic) bond motifs is 1. The molecule has 17 heavy (non-hydrogen) atoms. The summed E-state index contributed by atoms with van der Waals surface area (Å²) in [7, 11) is 0. The number of aromatic nitrogens is 3. The molecule has 2 rings (SSSR count). The molecule has 0 aliphatic carbocycles. The Balaban J connectivity index is 2.39. The fourth-order valence-electron chi connectivity index (χ4n) is 1.59. The highest BCUT2D eigenvalue weighted by Gasteiger charge is 2.23. The molecule has 2 atom stereocenters. The second-order valence-corrected chi connectivity index (χ2v) is 4.14. The number of hydrogen-bond acceptors (Lipinski definition) is 4. The van der Waals surface area contributed by atoms with Crippen LogP contribution in [0, 0.1) is 5.92 Å². The number of carbonyl (C=O) groups is 1. The number of carboxylic acid groups (broad SMARTS) is 1. The average molecular weight is 234 g/mol. The van der Waals surface area contributed by atoms with Gasteiger partial charge in [0.05, 0.1) is 11.4 Å². The van der Waals surface area contributed by atoms with E-state index in [2.05, 4.69) is 15.0 Å². The van der Waals surface area contributed by atoms with Crippen molar-refractivity contribution < 1.29 is 9.90 Å². The van der Waals surface area contributed by atoms with E-state index in [-0.39, 0.29) is 5.92 Å². The van der Waals surface area contributed by atoms with E-state index in [1.165, 1.54) is 0 Å². The SMILES string of the molecule is CC(C(=O)O)C(C)c1nc2nc(N)ccc2[nH]1. The molecule has 90 valence electrons. The smallest absolute Gasteiger partial charge is 0.306 e. The number of anilines is 1. The molecular formula is C11H14N4O2. The Kier molecular flexibility index (Phi) is 2.71. The molecule has 4 N–H and O–H groups in total. The molecule has 6 heteroatoms. The maximum atomic E-state index is 10.9. The molecule has 0 aliphatic heterocycles. The highest BCUT2D eigenvalue weighted by atomic mass is 16.4. The summed E-state index contributed by atoms with van der Waals surface area (Å²) in [6.45, 7) is 3.47. The lowest BCUT2D eigenvalue weighted by Crippen LogP contribution is -2.17. The first kappa shape index (κ1) is 11.4. The summed E-state index contributed by atoms with van der Waals surface area (Å²) in [6, 6.07) is 3.46. The van der Waals surface area contributed by atoms with Crippen LogP contribution in [0.15, 0.2) is 12.1 Å². The summed E-state index contributed by atoms with van der Waals surface area (Å²) < 4.78 is 0. The predicted molar refractivity (Wildman–Crippen MR) is 63.5 cm³/mol. The minimum Gasteiger partial charge on any atom is -0.481 e. The summed E-state index contributed by atoms with van der Waals surface area (Å²) in [6.07, 6.45) is 0. The summed E-state index contributed by atoms with van der Waals surface area (Å²) >= 11 is 0. The number of nitrogens with zero attached hydrogens (tertiary/aromatic N) is 2. The number of H-pyrrole nitrogens is 1. The number of rotatable bonds is 3. The van der Waals surface area contributed by atoms with E-state index in [4.69, 9.17) is 10.8 Å². The molecule has 0 amide bonds. The second kappa shape index (κ2) is 4.04. The summed E-state index contributed by atoms with van der Waals surface area (Å²) in [4.78, 5) is 22.3. The second-order valence-electron chi connectivity index (χ2n) is 4.14. The molecule has 2 heterocycles. The van der Waals surface area contributed by atoms with Crippen LogP contribution < -0.4 is 5.73 Å². The van der Waals surface area contributed by atoms with Crippen molar-refractivity contribution in [3.05, 3.63) is 18.0 Å². The van der Waals surface area contributed by atoms with Gasteiger partial charge in [-0.2, -0.15) is 0 Å². The van der Waals surface area contributed by atoms with E-state index < -0.39 is 11.9 Å². The summed E-state index contributed by atoms with van der Waals surface area (Å²) in [5.74, 6) is -0.538. The summed E-state index contributed by atoms with van der Waals surface area (Å²) in [5, 5.41) is 8.96. The number of nitrogens with two attached hydrogens (primary N) is 1. The highest BCUT2D eigenvalue weighted by molar-refractivity contribution is 5.74. The number of pyridine rings is 1. The third kappa shape index (κ3) is 2.06. The van der Waals surface area contributed by atoms with Crippen LogP contribution in [0.3, 0.4) is 0 Å². The largest absolute Gasteiger partial charge is 0.481 e. The maximum Gasteiger partial charge on any atom is 0.306 e. The lowest BCUT2D eigenvalue weighted by atomic mass is 9.96. The van der Waals surface area contributed by atoms with E-state index in [9.17, 15) is 4.79 Å². The van der Waals surface area contributed by atoms with E-state index in [1.807, 2.05) is 6.92 Å². The van der Waals surface area contributed by atoms with Crippen molar-refractivity contribution in [2.75, 3.05) is 5.73 Å². The fraction of sp³-hybridized carbons (Fsp3) is 0.364. The lowest BCUT2D eigenvalue weighted by Gasteiger charge is -2.12. The number of aromatic amines is 1. The average Bonchev–Trinajstić information content (AvgIpc) is 2.69. The van der Waals surface area contributed by atoms with Crippen LogP contribution in [0.1, 0.15) is 25.6 Å². The molecule has 0 saturated carbocycles. The minimum atomic E-state index is -0.842. The van der Waals surface area contributed by atoms with Gasteiger partial charge in [-0.1, -0.05) is 13.8 Å². The molecule has 0 aliphatic rings. The zero-order valence-electron chi connectivity index (χ0n) is 9.64. The molecule has 2 aromatic heterocycles. The Morgan fingerprint density at radius 2 is 2.12 bits per heavy atom. The van der Waals surface area contributed by atoms with Gasteiger partial charge in [0.25, 0.3) is 0 Å². The first-order chi connectivity index (χ1) is 7.99. The molecule has 0 fully saturated rings. The predicted octanol–water partition coefficient (Wildman–Crippen LogP) is 1.36. The molecule has 2 unspecified atom stereocenters. The standard InChI is InChI=1S/C11H14N4O2/c1-5(6(2)11(16)17)9-13-7-3-4-8(12)14-10(7)15-9/h3-6H,1-2H3,(H,16,17)(H3,12,13,14,15). The van der Waals surface area contributed by atoms with Crippen LogP contribution in [-0.4, -0.2) is 26.0 Å². The van der Waals surface area contributed by atoms with E-state index in [1.54, 1.807) is 19.1 Å². The fourth-order valence-corrected chi connectivity index (χ4v) is 1.59. The first-order valence-corrected chi connectivity index (χ1v) is 5.34. The van der Waals surface area contributed by atoms with Gasteiger partial charge in [-0.15, -0.1) is 0 Å². The Labute approximate surface area is 97.9 Å². The van der Waals surface area contributed by atoms with Gasteiger partial charge in [0.1, 0.15) is 11.6 Å². The molecule has 6 nitrogen and oxygen atoms in total. The molecule has 0 saturated heterocycles. The minimum absolute atomic E-state index is 0.206. The monoisotopic (exact) mass is 234 g/mol. The van der Waals surface area contributed by atoms with Gasteiger partial charge in [-0.05, 0) is 12.1 Å². The van der Waals surface area contributed by atoms with Crippen molar-refractivity contribution >= 4 is 23.0 Å². The van der Waals surface area contributed by atoms with Crippen LogP contribution >= 0.6 is 0 Å². The van der Waals surface area contributed by atoms with Crippen molar-refractivity contribution in [2.45, 2.75) is 19.8 Å². The molecular weight excluding hydrogens is 220 g/mol. The van der Waals surface area contributed by atoms with Crippen molar-refractivity contribution in [3.8, 4) is 0 Å². The number of nitrogens with one attached hydrogen (secondary N) is 1. The van der Waals surface area contributed by atoms with Crippen molar-refractivity contribution in [1.82, 2.24) is 15.0 Å². The number of hydrogen-bond donors (Lipinski definition) is 3. The molecule has 0 radical (unpaired) electrons. The number of nitrogen functional groups attached to an aromatic ring is 1. The zero-order chi connectivity index (χ0) is 12.6.